The van der Waals surface area contributed by atoms with Crippen LogP contribution in [0.3, 0.4) is 0 Å². The minimum Gasteiger partial charge on any atom is -0.353 e. The van der Waals surface area contributed by atoms with Gasteiger partial charge < -0.3 is 16.0 Å². The van der Waals surface area contributed by atoms with Crippen LogP contribution in [0.2, 0.25) is 0 Å². The summed E-state index contributed by atoms with van der Waals surface area (Å²) in [5, 5.41) is 6.80. The predicted molar refractivity (Wildman–Crippen MR) is 91.0 cm³/mol. The van der Waals surface area contributed by atoms with Gasteiger partial charge in [0.1, 0.15) is 6.04 Å². The highest BCUT2D eigenvalue weighted by molar-refractivity contribution is 5.86. The highest BCUT2D eigenvalue weighted by Gasteiger charge is 2.21. The van der Waals surface area contributed by atoms with Crippen LogP contribution < -0.4 is 11.1 Å². The van der Waals surface area contributed by atoms with Gasteiger partial charge in [-0.2, -0.15) is 5.10 Å². The average Bonchev–Trinajstić information content (AvgIpc) is 3.13. The number of likely N-dealkylation sites (N-methyl/N-ethyl adjacent to an activating group) is 1. The fourth-order valence-electron chi connectivity index (χ4n) is 2.33. The molecule has 2 atom stereocenters. The fourth-order valence-corrected chi connectivity index (χ4v) is 2.33. The lowest BCUT2D eigenvalue weighted by atomic mass is 10.1. The van der Waals surface area contributed by atoms with Gasteiger partial charge >= 0.3 is 0 Å². The number of nitrogens with two attached hydrogens (primary N) is 1. The second-order valence-electron chi connectivity index (χ2n) is 5.68. The van der Waals surface area contributed by atoms with Gasteiger partial charge in [0, 0.05) is 32.0 Å². The maximum absolute atomic E-state index is 12.3. The molecule has 0 saturated heterocycles. The van der Waals surface area contributed by atoms with Crippen LogP contribution in [0, 0.1) is 0 Å². The van der Waals surface area contributed by atoms with E-state index in [0.717, 1.165) is 5.56 Å². The van der Waals surface area contributed by atoms with E-state index >= 15 is 0 Å². The van der Waals surface area contributed by atoms with Gasteiger partial charge in [-0.25, -0.2) is 0 Å². The third-order valence-corrected chi connectivity index (χ3v) is 3.78. The third kappa shape index (κ3) is 4.66. The van der Waals surface area contributed by atoms with Gasteiger partial charge in [0.25, 0.3) is 0 Å². The van der Waals surface area contributed by atoms with E-state index in [2.05, 4.69) is 10.4 Å². The van der Waals surface area contributed by atoms with Crippen LogP contribution in [0.1, 0.15) is 24.6 Å². The minimum absolute atomic E-state index is 0.0219. The van der Waals surface area contributed by atoms with Crippen molar-refractivity contribution >= 4 is 11.8 Å². The Balaban J connectivity index is 1.80. The minimum atomic E-state index is -0.454. The largest absolute Gasteiger partial charge is 0.353 e. The van der Waals surface area contributed by atoms with Crippen LogP contribution in [0.15, 0.2) is 48.8 Å². The maximum atomic E-state index is 12.3. The summed E-state index contributed by atoms with van der Waals surface area (Å²) < 4.78 is 1.56. The van der Waals surface area contributed by atoms with Crippen molar-refractivity contribution in [1.82, 2.24) is 20.0 Å². The van der Waals surface area contributed by atoms with Gasteiger partial charge in [0.05, 0.1) is 6.54 Å². The second kappa shape index (κ2) is 8.26. The number of nitrogens with one attached hydrogen (secondary N) is 1. The number of benzene rings is 1. The van der Waals surface area contributed by atoms with E-state index in [1.165, 1.54) is 4.90 Å². The van der Waals surface area contributed by atoms with Crippen molar-refractivity contribution in [2.24, 2.45) is 5.73 Å². The van der Waals surface area contributed by atoms with Crippen molar-refractivity contribution in [1.29, 1.82) is 0 Å². The Morgan fingerprint density at radius 2 is 2.00 bits per heavy atom. The maximum Gasteiger partial charge on any atom is 0.247 e. The molecule has 0 fully saturated rings. The van der Waals surface area contributed by atoms with Crippen LogP contribution in [-0.4, -0.2) is 46.6 Å². The Labute approximate surface area is 141 Å². The van der Waals surface area contributed by atoms with E-state index in [-0.39, 0.29) is 24.4 Å². The molecule has 2 aromatic rings. The number of hydrogen-bond donors (Lipinski definition) is 2. The van der Waals surface area contributed by atoms with Crippen LogP contribution in [0.25, 0.3) is 0 Å². The quantitative estimate of drug-likeness (QED) is 0.783. The standard InChI is InChI=1S/C17H23N5O2/c1-13(22-10-6-9-20-22)17(24)21(2)12-16(23)19-11-15(18)14-7-4-3-5-8-14/h3-10,13,15H,11-12,18H2,1-2H3,(H,19,23). The number of hydrogen-bond acceptors (Lipinski definition) is 4. The lowest BCUT2D eigenvalue weighted by molar-refractivity contribution is -0.137. The molecule has 128 valence electrons. The third-order valence-electron chi connectivity index (χ3n) is 3.78. The van der Waals surface area contributed by atoms with Crippen molar-refractivity contribution in [3.05, 3.63) is 54.4 Å². The van der Waals surface area contributed by atoms with Gasteiger partial charge in [0.15, 0.2) is 0 Å². The fraction of sp³-hybridized carbons (Fsp3) is 0.353. The molecule has 0 aliphatic rings. The summed E-state index contributed by atoms with van der Waals surface area (Å²) in [4.78, 5) is 25.7. The lowest BCUT2D eigenvalue weighted by Crippen LogP contribution is -2.42. The summed E-state index contributed by atoms with van der Waals surface area (Å²) in [5.41, 5.74) is 6.99. The average molecular weight is 329 g/mol. The Bertz CT molecular complexity index is 657. The molecule has 1 aromatic heterocycles. The van der Waals surface area contributed by atoms with Crippen LogP contribution in [0.5, 0.6) is 0 Å². The van der Waals surface area contributed by atoms with Crippen molar-refractivity contribution in [2.45, 2.75) is 19.0 Å². The predicted octanol–water partition coefficient (Wildman–Crippen LogP) is 0.719. The van der Waals surface area contributed by atoms with E-state index in [1.807, 2.05) is 30.3 Å². The molecular weight excluding hydrogens is 306 g/mol. The molecular formula is C17H23N5O2. The number of nitrogens with zero attached hydrogens (tertiary/aromatic N) is 3. The van der Waals surface area contributed by atoms with Crippen LogP contribution in [-0.2, 0) is 9.59 Å². The molecule has 2 unspecified atom stereocenters. The van der Waals surface area contributed by atoms with Gasteiger partial charge in [-0.1, -0.05) is 30.3 Å². The molecule has 0 saturated carbocycles. The second-order valence-corrected chi connectivity index (χ2v) is 5.68. The summed E-state index contributed by atoms with van der Waals surface area (Å²) in [6, 6.07) is 10.6. The summed E-state index contributed by atoms with van der Waals surface area (Å²) in [7, 11) is 1.60. The molecule has 7 nitrogen and oxygen atoms in total. The molecule has 24 heavy (non-hydrogen) atoms. The molecule has 3 N–H and O–H groups in total. The first-order chi connectivity index (χ1) is 11.5. The van der Waals surface area contributed by atoms with Gasteiger partial charge in [-0.15, -0.1) is 0 Å². The summed E-state index contributed by atoms with van der Waals surface area (Å²) in [6.45, 7) is 2.04. The first-order valence-corrected chi connectivity index (χ1v) is 7.80. The summed E-state index contributed by atoms with van der Waals surface area (Å²) in [5.74, 6) is -0.425. The topological polar surface area (TPSA) is 93.3 Å². The molecule has 0 bridgehead atoms. The van der Waals surface area contributed by atoms with Crippen molar-refractivity contribution in [3.63, 3.8) is 0 Å². The highest BCUT2D eigenvalue weighted by atomic mass is 16.2. The van der Waals surface area contributed by atoms with E-state index in [0.29, 0.717) is 6.54 Å². The van der Waals surface area contributed by atoms with Crippen molar-refractivity contribution < 1.29 is 9.59 Å². The molecule has 1 aromatic carbocycles. The number of aromatic nitrogens is 2. The Kier molecular flexibility index (Phi) is 6.08. The van der Waals surface area contributed by atoms with E-state index in [9.17, 15) is 9.59 Å². The molecule has 7 heteroatoms. The summed E-state index contributed by atoms with van der Waals surface area (Å²) in [6.07, 6.45) is 3.33. The molecule has 0 aliphatic carbocycles. The summed E-state index contributed by atoms with van der Waals surface area (Å²) >= 11 is 0. The Morgan fingerprint density at radius 3 is 2.62 bits per heavy atom. The van der Waals surface area contributed by atoms with E-state index < -0.39 is 6.04 Å². The van der Waals surface area contributed by atoms with Crippen LogP contribution >= 0.6 is 0 Å². The van der Waals surface area contributed by atoms with Gasteiger partial charge in [-0.05, 0) is 18.6 Å². The van der Waals surface area contributed by atoms with E-state index in [1.54, 1.807) is 37.1 Å². The lowest BCUT2D eigenvalue weighted by Gasteiger charge is -2.21. The van der Waals surface area contributed by atoms with Crippen molar-refractivity contribution in [3.8, 4) is 0 Å². The van der Waals surface area contributed by atoms with E-state index in [4.69, 9.17) is 5.73 Å². The number of rotatable bonds is 7. The zero-order chi connectivity index (χ0) is 17.5. The molecule has 0 aliphatic heterocycles. The number of amides is 2. The van der Waals surface area contributed by atoms with Gasteiger partial charge in [-0.3, -0.25) is 14.3 Å². The number of carbonyl (C=O) groups is 2. The highest BCUT2D eigenvalue weighted by Crippen LogP contribution is 2.09. The first-order valence-electron chi connectivity index (χ1n) is 7.80. The monoisotopic (exact) mass is 329 g/mol. The first kappa shape index (κ1) is 17.7. The molecule has 0 radical (unpaired) electrons. The molecule has 0 spiro atoms. The molecule has 2 rings (SSSR count). The molecule has 2 amide bonds. The Morgan fingerprint density at radius 1 is 1.29 bits per heavy atom. The normalized spacial score (nSPS) is 13.1. The smallest absolute Gasteiger partial charge is 0.247 e. The SMILES string of the molecule is CC(C(=O)N(C)CC(=O)NCC(N)c1ccccc1)n1cccn1. The zero-order valence-electron chi connectivity index (χ0n) is 13.9. The van der Waals surface area contributed by atoms with Crippen molar-refractivity contribution in [2.75, 3.05) is 20.1 Å². The van der Waals surface area contributed by atoms with Gasteiger partial charge in [0.2, 0.25) is 11.8 Å². The number of carbonyl (C=O) groups excluding carboxylic acids is 2. The molecule has 1 heterocycles. The van der Waals surface area contributed by atoms with Crippen LogP contribution in [0.4, 0.5) is 0 Å². The zero-order valence-corrected chi connectivity index (χ0v) is 13.9. The Hall–Kier alpha value is -2.67.